The highest BCUT2D eigenvalue weighted by atomic mass is 19.4. The van der Waals surface area contributed by atoms with Crippen LogP contribution in [0.15, 0.2) is 48.5 Å². The molecule has 9 nitrogen and oxygen atoms in total. The molecule has 0 amide bonds. The minimum absolute atomic E-state index is 0.0957. The van der Waals surface area contributed by atoms with Crippen molar-refractivity contribution in [2.24, 2.45) is 5.41 Å². The zero-order valence-electron chi connectivity index (χ0n) is 22.8. The van der Waals surface area contributed by atoms with Gasteiger partial charge in [-0.1, -0.05) is 30.3 Å². The van der Waals surface area contributed by atoms with Gasteiger partial charge >= 0.3 is 12.1 Å². The van der Waals surface area contributed by atoms with Crippen LogP contribution in [-0.4, -0.2) is 59.5 Å². The number of nitrogens with two attached hydrogens (primary N) is 1. The first-order chi connectivity index (χ1) is 20.0. The summed E-state index contributed by atoms with van der Waals surface area (Å²) >= 11 is 0. The Balaban J connectivity index is 1.31. The van der Waals surface area contributed by atoms with E-state index in [2.05, 4.69) is 15.3 Å². The predicted octanol–water partition coefficient (Wildman–Crippen LogP) is 4.98. The molecule has 0 saturated carbocycles. The SMILES string of the molecule is CCOc1ccc(-c2ccc([C@@H](Oc3cc(N4CCC5(CC4)CNC(C(=O)O)C5)nc(N)n3)C(F)(F)F)cc2)cc1F. The smallest absolute Gasteiger partial charge is 0.429 e. The van der Waals surface area contributed by atoms with E-state index >= 15 is 0 Å². The molecule has 1 aromatic heterocycles. The number of ether oxygens (including phenoxy) is 2. The largest absolute Gasteiger partial charge is 0.491 e. The van der Waals surface area contributed by atoms with E-state index in [0.29, 0.717) is 62.4 Å². The van der Waals surface area contributed by atoms with Crippen LogP contribution in [0.5, 0.6) is 11.6 Å². The van der Waals surface area contributed by atoms with Gasteiger partial charge in [-0.25, -0.2) is 4.39 Å². The lowest BCUT2D eigenvalue weighted by molar-refractivity contribution is -0.198. The number of nitrogens with one attached hydrogen (secondary N) is 1. The number of halogens is 4. The maximum absolute atomic E-state index is 14.3. The van der Waals surface area contributed by atoms with E-state index in [-0.39, 0.29) is 28.6 Å². The Bertz CT molecular complexity index is 1430. The van der Waals surface area contributed by atoms with Crippen LogP contribution in [0.25, 0.3) is 11.1 Å². The van der Waals surface area contributed by atoms with E-state index in [9.17, 15) is 27.5 Å². The zero-order valence-corrected chi connectivity index (χ0v) is 22.8. The van der Waals surface area contributed by atoms with Crippen molar-refractivity contribution in [2.75, 3.05) is 36.9 Å². The first-order valence-corrected chi connectivity index (χ1v) is 13.6. The van der Waals surface area contributed by atoms with Gasteiger partial charge in [-0.05, 0) is 54.9 Å². The number of carboxylic acid groups (broad SMARTS) is 1. The molecular formula is C29H31F4N5O4. The molecular weight excluding hydrogens is 558 g/mol. The second-order valence-corrected chi connectivity index (χ2v) is 10.6. The Labute approximate surface area is 239 Å². The highest BCUT2D eigenvalue weighted by Gasteiger charge is 2.45. The number of aliphatic carboxylic acids is 1. The molecule has 5 rings (SSSR count). The molecule has 2 aliphatic heterocycles. The normalized spacial score (nSPS) is 19.1. The van der Waals surface area contributed by atoms with Crippen molar-refractivity contribution < 1.29 is 36.9 Å². The lowest BCUT2D eigenvalue weighted by Gasteiger charge is -2.39. The van der Waals surface area contributed by atoms with Gasteiger partial charge in [-0.15, -0.1) is 0 Å². The third kappa shape index (κ3) is 6.35. The molecule has 224 valence electrons. The number of hydrogen-bond donors (Lipinski definition) is 3. The first kappa shape index (κ1) is 29.4. The monoisotopic (exact) mass is 589 g/mol. The summed E-state index contributed by atoms with van der Waals surface area (Å²) in [7, 11) is 0. The second kappa shape index (κ2) is 11.6. The lowest BCUT2D eigenvalue weighted by atomic mass is 9.76. The molecule has 3 aromatic rings. The highest BCUT2D eigenvalue weighted by Crippen LogP contribution is 2.41. The highest BCUT2D eigenvalue weighted by molar-refractivity contribution is 5.74. The summed E-state index contributed by atoms with van der Waals surface area (Å²) in [5.74, 6) is -1.57. The van der Waals surface area contributed by atoms with Crippen molar-refractivity contribution in [2.45, 2.75) is 44.5 Å². The van der Waals surface area contributed by atoms with Crippen LogP contribution in [0.2, 0.25) is 0 Å². The van der Waals surface area contributed by atoms with Crippen molar-refractivity contribution in [3.05, 3.63) is 59.9 Å². The third-order valence-corrected chi connectivity index (χ3v) is 7.83. The molecule has 0 bridgehead atoms. The molecule has 42 heavy (non-hydrogen) atoms. The predicted molar refractivity (Wildman–Crippen MR) is 147 cm³/mol. The number of nitrogens with zero attached hydrogens (tertiary/aromatic N) is 3. The molecule has 2 atom stereocenters. The number of alkyl halides is 3. The average Bonchev–Trinajstić information content (AvgIpc) is 3.36. The summed E-state index contributed by atoms with van der Waals surface area (Å²) in [5.41, 5.74) is 6.54. The summed E-state index contributed by atoms with van der Waals surface area (Å²) in [4.78, 5) is 21.4. The van der Waals surface area contributed by atoms with Crippen LogP contribution >= 0.6 is 0 Å². The van der Waals surface area contributed by atoms with Gasteiger partial charge in [0.05, 0.1) is 6.61 Å². The number of aromatic nitrogens is 2. The number of hydrogen-bond acceptors (Lipinski definition) is 8. The van der Waals surface area contributed by atoms with Crippen LogP contribution in [0.1, 0.15) is 37.9 Å². The molecule has 0 radical (unpaired) electrons. The molecule has 13 heteroatoms. The van der Waals surface area contributed by atoms with Gasteiger partial charge in [-0.2, -0.15) is 23.1 Å². The topological polar surface area (TPSA) is 123 Å². The summed E-state index contributed by atoms with van der Waals surface area (Å²) in [6, 6.07) is 10.6. The number of nitrogen functional groups attached to an aromatic ring is 1. The number of carboxylic acids is 1. The first-order valence-electron chi connectivity index (χ1n) is 13.6. The molecule has 1 spiro atoms. The summed E-state index contributed by atoms with van der Waals surface area (Å²) in [5, 5.41) is 12.4. The fraction of sp³-hybridized carbons (Fsp3) is 0.414. The molecule has 2 aliphatic rings. The molecule has 0 aliphatic carbocycles. The Morgan fingerprint density at radius 3 is 2.43 bits per heavy atom. The van der Waals surface area contributed by atoms with Crippen LogP contribution < -0.4 is 25.4 Å². The Kier molecular flexibility index (Phi) is 8.13. The number of carbonyl (C=O) groups is 1. The van der Waals surface area contributed by atoms with Crippen LogP contribution in [0.4, 0.5) is 29.3 Å². The minimum atomic E-state index is -4.78. The van der Waals surface area contributed by atoms with Crippen LogP contribution in [0.3, 0.4) is 0 Å². The number of piperidine rings is 1. The average molecular weight is 590 g/mol. The lowest BCUT2D eigenvalue weighted by Crippen LogP contribution is -2.41. The standard InChI is InChI=1S/C29H31F4N5O4/c1-2-41-22-8-7-19(13-20(22)30)17-3-5-18(6-4-17)25(29(31,32)33)42-24-14-23(36-27(34)37-24)38-11-9-28(10-12-38)15-21(26(39)40)35-16-28/h3-8,13-14,21,25,35H,2,9-12,15-16H2,1H3,(H,39,40)(H2,34,36,37)/t21?,25-/m1/s1. The van der Waals surface area contributed by atoms with E-state index in [4.69, 9.17) is 15.2 Å². The fourth-order valence-electron chi connectivity index (χ4n) is 5.58. The number of benzene rings is 2. The van der Waals surface area contributed by atoms with E-state index in [0.717, 1.165) is 0 Å². The van der Waals surface area contributed by atoms with Crippen molar-refractivity contribution in [3.63, 3.8) is 0 Å². The molecule has 1 unspecified atom stereocenters. The van der Waals surface area contributed by atoms with Crippen molar-refractivity contribution in [1.82, 2.24) is 15.3 Å². The van der Waals surface area contributed by atoms with Gasteiger partial charge in [0.25, 0.3) is 0 Å². The number of anilines is 2. The van der Waals surface area contributed by atoms with Crippen molar-refractivity contribution in [1.29, 1.82) is 0 Å². The van der Waals surface area contributed by atoms with Gasteiger partial charge in [0.1, 0.15) is 11.9 Å². The van der Waals surface area contributed by atoms with Crippen LogP contribution in [-0.2, 0) is 4.79 Å². The van der Waals surface area contributed by atoms with Gasteiger partial charge < -0.3 is 30.5 Å². The molecule has 2 fully saturated rings. The molecule has 3 heterocycles. The zero-order chi connectivity index (χ0) is 30.1. The molecule has 2 aromatic carbocycles. The van der Waals surface area contributed by atoms with Gasteiger partial charge in [0, 0.05) is 31.3 Å². The molecule has 2 saturated heterocycles. The maximum Gasteiger partial charge on any atom is 0.429 e. The van der Waals surface area contributed by atoms with E-state index in [1.807, 2.05) is 4.90 Å². The van der Waals surface area contributed by atoms with E-state index in [1.54, 1.807) is 13.0 Å². The fourth-order valence-corrected chi connectivity index (χ4v) is 5.58. The quantitative estimate of drug-likeness (QED) is 0.312. The Morgan fingerprint density at radius 1 is 1.14 bits per heavy atom. The van der Waals surface area contributed by atoms with Gasteiger partial charge in [0.2, 0.25) is 17.9 Å². The third-order valence-electron chi connectivity index (χ3n) is 7.83. The van der Waals surface area contributed by atoms with E-state index < -0.39 is 30.1 Å². The van der Waals surface area contributed by atoms with Crippen molar-refractivity contribution >= 4 is 17.7 Å². The Hall–Kier alpha value is -4.13. The van der Waals surface area contributed by atoms with Gasteiger partial charge in [-0.3, -0.25) is 4.79 Å². The summed E-state index contributed by atoms with van der Waals surface area (Å²) in [6.45, 7) is 3.68. The second-order valence-electron chi connectivity index (χ2n) is 10.6. The molecule has 4 N–H and O–H groups in total. The number of rotatable bonds is 8. The Morgan fingerprint density at radius 2 is 1.83 bits per heavy atom. The van der Waals surface area contributed by atoms with Crippen LogP contribution in [0, 0.1) is 11.2 Å². The summed E-state index contributed by atoms with van der Waals surface area (Å²) < 4.78 is 67.4. The van der Waals surface area contributed by atoms with E-state index in [1.165, 1.54) is 42.5 Å². The minimum Gasteiger partial charge on any atom is -0.491 e. The summed E-state index contributed by atoms with van der Waals surface area (Å²) in [6.07, 6.45) is -5.21. The van der Waals surface area contributed by atoms with Crippen molar-refractivity contribution in [3.8, 4) is 22.8 Å². The van der Waals surface area contributed by atoms with Gasteiger partial charge in [0.15, 0.2) is 11.6 Å². The maximum atomic E-state index is 14.3.